The van der Waals surface area contributed by atoms with Crippen molar-refractivity contribution in [3.8, 4) is 5.75 Å². The summed E-state index contributed by atoms with van der Waals surface area (Å²) in [7, 11) is 1.67. The van der Waals surface area contributed by atoms with Gasteiger partial charge in [0.25, 0.3) is 0 Å². The molecule has 5 nitrogen and oxygen atoms in total. The zero-order chi connectivity index (χ0) is 29.0. The predicted molar refractivity (Wildman–Crippen MR) is 160 cm³/mol. The van der Waals surface area contributed by atoms with Gasteiger partial charge in [-0.15, -0.1) is 0 Å². The number of benzene rings is 2. The van der Waals surface area contributed by atoms with Gasteiger partial charge in [0.15, 0.2) is 0 Å². The average molecular weight is 566 g/mol. The smallest absolute Gasteiger partial charge is 0.222 e. The summed E-state index contributed by atoms with van der Waals surface area (Å²) in [4.78, 5) is 15.1. The molecule has 5 unspecified atom stereocenters. The van der Waals surface area contributed by atoms with Gasteiger partial charge >= 0.3 is 0 Å². The molecule has 7 atom stereocenters. The Labute approximate surface area is 245 Å². The van der Waals surface area contributed by atoms with Crippen molar-refractivity contribution >= 4 is 5.91 Å². The molecule has 0 spiro atoms. The molecule has 0 aromatic heterocycles. The topological polar surface area (TPSA) is 70.0 Å². The lowest BCUT2D eigenvalue weighted by Crippen LogP contribution is -2.51. The highest BCUT2D eigenvalue weighted by molar-refractivity contribution is 5.76. The average Bonchev–Trinajstić information content (AvgIpc) is 3.25. The minimum Gasteiger partial charge on any atom is -0.508 e. The summed E-state index contributed by atoms with van der Waals surface area (Å²) < 4.78 is 21.3. The van der Waals surface area contributed by atoms with E-state index in [0.717, 1.165) is 62.5 Å². The molecule has 2 aromatic rings. The number of carbonyl (C=O) groups excluding carboxylic acids is 1. The number of ether oxygens (including phenoxy) is 1. The van der Waals surface area contributed by atoms with Crippen LogP contribution in [0.1, 0.15) is 80.9 Å². The summed E-state index contributed by atoms with van der Waals surface area (Å²) in [5.74, 6) is 1.07. The highest BCUT2D eigenvalue weighted by atomic mass is 19.1. The van der Waals surface area contributed by atoms with Gasteiger partial charge in [-0.05, 0) is 103 Å². The summed E-state index contributed by atoms with van der Waals surface area (Å²) in [6.07, 6.45) is 6.64. The van der Waals surface area contributed by atoms with Gasteiger partial charge in [0.1, 0.15) is 11.9 Å². The number of phenols is 1. The number of amides is 1. The number of hydrogen-bond acceptors (Lipinski definition) is 4. The Morgan fingerprint density at radius 2 is 1.90 bits per heavy atom. The highest BCUT2D eigenvalue weighted by Gasteiger charge is 2.59. The third-order valence-electron chi connectivity index (χ3n) is 10.6. The molecule has 5 rings (SSSR count). The van der Waals surface area contributed by atoms with Gasteiger partial charge in [0, 0.05) is 32.5 Å². The van der Waals surface area contributed by atoms with E-state index >= 15 is 4.39 Å². The molecular weight excluding hydrogens is 517 g/mol. The van der Waals surface area contributed by atoms with Gasteiger partial charge in [-0.2, -0.15) is 0 Å². The summed E-state index contributed by atoms with van der Waals surface area (Å²) in [5.41, 5.74) is 3.04. The number of nitrogens with zero attached hydrogens (tertiary/aromatic N) is 1. The summed E-state index contributed by atoms with van der Waals surface area (Å²) in [5, 5.41) is 21.1. The second kappa shape index (κ2) is 13.2. The third kappa shape index (κ3) is 6.49. The number of aliphatic hydroxyl groups excluding tert-OH is 1. The molecule has 224 valence electrons. The van der Waals surface area contributed by atoms with E-state index in [4.69, 9.17) is 4.74 Å². The molecule has 2 aromatic carbocycles. The monoisotopic (exact) mass is 565 g/mol. The largest absolute Gasteiger partial charge is 0.508 e. The van der Waals surface area contributed by atoms with Crippen LogP contribution in [0, 0.1) is 23.2 Å². The lowest BCUT2D eigenvalue weighted by Gasteiger charge is -2.54. The van der Waals surface area contributed by atoms with Gasteiger partial charge in [-0.1, -0.05) is 49.7 Å². The van der Waals surface area contributed by atoms with Crippen LogP contribution in [0.2, 0.25) is 0 Å². The standard InChI is InChI=1S/C35H48FNO4/c1-35-23-30(36)34-28-15-14-27(38)22-26(28)21-25(33(34)29(35)16-17-31(35)39)12-6-7-18-37(19-20-41-2)32(40)13-8-11-24-9-4-3-5-10-24/h3-5,9-10,14-15,22,25,29-31,33-34,38-39H,6-8,11-13,16-21,23H2,1-2H3/t25?,29?,30-,31-,33?,34?,35?/m0/s1. The minimum absolute atomic E-state index is 0.169. The lowest BCUT2D eigenvalue weighted by atomic mass is 9.51. The number of hydrogen-bond donors (Lipinski definition) is 2. The fourth-order valence-electron chi connectivity index (χ4n) is 8.55. The molecule has 6 heteroatoms. The Morgan fingerprint density at radius 3 is 2.68 bits per heavy atom. The first-order valence-corrected chi connectivity index (χ1v) is 15.8. The van der Waals surface area contributed by atoms with Crippen molar-refractivity contribution in [2.24, 2.45) is 23.2 Å². The zero-order valence-electron chi connectivity index (χ0n) is 24.8. The van der Waals surface area contributed by atoms with Crippen LogP contribution in [0.3, 0.4) is 0 Å². The number of fused-ring (bicyclic) bond motifs is 5. The molecule has 0 radical (unpaired) electrons. The Kier molecular flexibility index (Phi) is 9.70. The van der Waals surface area contributed by atoms with E-state index in [-0.39, 0.29) is 28.9 Å². The molecule has 0 heterocycles. The first-order valence-electron chi connectivity index (χ1n) is 15.8. The SMILES string of the molecule is COCCN(CCCCC1Cc2cc(O)ccc2C2C1C1CC[C@H](O)C1(C)C[C@@H]2F)C(=O)CCCc1ccccc1. The molecule has 2 fully saturated rings. The van der Waals surface area contributed by atoms with Crippen LogP contribution in [-0.4, -0.2) is 60.1 Å². The van der Waals surface area contributed by atoms with E-state index in [9.17, 15) is 15.0 Å². The first kappa shape index (κ1) is 30.0. The van der Waals surface area contributed by atoms with Crippen LogP contribution in [0.25, 0.3) is 0 Å². The van der Waals surface area contributed by atoms with Gasteiger partial charge in [-0.25, -0.2) is 4.39 Å². The van der Waals surface area contributed by atoms with Crippen LogP contribution in [0.5, 0.6) is 5.75 Å². The van der Waals surface area contributed by atoms with Gasteiger partial charge in [0.2, 0.25) is 5.91 Å². The van der Waals surface area contributed by atoms with E-state index in [1.807, 2.05) is 35.2 Å². The normalized spacial score (nSPS) is 30.3. The number of halogens is 1. The van der Waals surface area contributed by atoms with Crippen LogP contribution in [0.4, 0.5) is 4.39 Å². The van der Waals surface area contributed by atoms with Crippen LogP contribution >= 0.6 is 0 Å². The molecule has 0 aliphatic heterocycles. The molecule has 0 bridgehead atoms. The number of aliphatic hydroxyl groups is 1. The maximum absolute atomic E-state index is 16.0. The van der Waals surface area contributed by atoms with Crippen molar-refractivity contribution in [1.29, 1.82) is 0 Å². The number of carbonyl (C=O) groups is 1. The van der Waals surface area contributed by atoms with Crippen LogP contribution < -0.4 is 0 Å². The molecule has 2 N–H and O–H groups in total. The number of rotatable bonds is 12. The molecular formula is C35H48FNO4. The highest BCUT2D eigenvalue weighted by Crippen LogP contribution is 2.63. The fourth-order valence-corrected chi connectivity index (χ4v) is 8.55. The third-order valence-corrected chi connectivity index (χ3v) is 10.6. The fraction of sp³-hybridized carbons (Fsp3) is 0.629. The number of alkyl halides is 1. The second-order valence-electron chi connectivity index (χ2n) is 13.1. The van der Waals surface area contributed by atoms with Crippen molar-refractivity contribution < 1.29 is 24.1 Å². The maximum atomic E-state index is 16.0. The van der Waals surface area contributed by atoms with Gasteiger partial charge < -0.3 is 19.8 Å². The summed E-state index contributed by atoms with van der Waals surface area (Å²) in [6, 6.07) is 15.8. The predicted octanol–water partition coefficient (Wildman–Crippen LogP) is 6.45. The van der Waals surface area contributed by atoms with Crippen molar-refractivity contribution in [2.45, 2.75) is 89.3 Å². The van der Waals surface area contributed by atoms with Gasteiger partial charge in [-0.3, -0.25) is 4.79 Å². The van der Waals surface area contributed by atoms with Gasteiger partial charge in [0.05, 0.1) is 12.7 Å². The molecule has 0 saturated heterocycles. The molecule has 3 aliphatic rings. The van der Waals surface area contributed by atoms with Crippen molar-refractivity contribution in [1.82, 2.24) is 4.90 Å². The van der Waals surface area contributed by atoms with E-state index in [1.165, 1.54) is 5.56 Å². The summed E-state index contributed by atoms with van der Waals surface area (Å²) >= 11 is 0. The Balaban J connectivity index is 1.22. The van der Waals surface area contributed by atoms with Crippen molar-refractivity contribution in [2.75, 3.05) is 26.8 Å². The molecule has 3 aliphatic carbocycles. The number of methoxy groups -OCH3 is 1. The Hall–Kier alpha value is -2.44. The van der Waals surface area contributed by atoms with E-state index in [2.05, 4.69) is 19.1 Å². The van der Waals surface area contributed by atoms with E-state index < -0.39 is 12.3 Å². The zero-order valence-corrected chi connectivity index (χ0v) is 24.8. The van der Waals surface area contributed by atoms with E-state index in [1.54, 1.807) is 13.2 Å². The maximum Gasteiger partial charge on any atom is 0.222 e. The van der Waals surface area contributed by atoms with Crippen LogP contribution in [-0.2, 0) is 22.4 Å². The summed E-state index contributed by atoms with van der Waals surface area (Å²) in [6.45, 7) is 3.94. The second-order valence-corrected chi connectivity index (χ2v) is 13.1. The van der Waals surface area contributed by atoms with Crippen molar-refractivity contribution in [3.63, 3.8) is 0 Å². The Bertz CT molecular complexity index is 1160. The quantitative estimate of drug-likeness (QED) is 0.290. The lowest BCUT2D eigenvalue weighted by molar-refractivity contribution is -0.132. The van der Waals surface area contributed by atoms with E-state index in [0.29, 0.717) is 44.4 Å². The number of phenolic OH excluding ortho intramolecular Hbond substituents is 1. The first-order chi connectivity index (χ1) is 19.8. The van der Waals surface area contributed by atoms with Crippen LogP contribution in [0.15, 0.2) is 48.5 Å². The Morgan fingerprint density at radius 1 is 1.10 bits per heavy atom. The molecule has 2 saturated carbocycles. The number of aryl methyl sites for hydroxylation is 1. The number of aromatic hydroxyl groups is 1. The van der Waals surface area contributed by atoms with Crippen molar-refractivity contribution in [3.05, 3.63) is 65.2 Å². The molecule has 1 amide bonds. The molecule has 41 heavy (non-hydrogen) atoms. The number of unbranched alkanes of at least 4 members (excludes halogenated alkanes) is 1. The minimum atomic E-state index is -0.988.